The Hall–Kier alpha value is -1.15. The van der Waals surface area contributed by atoms with E-state index >= 15 is 0 Å². The second kappa shape index (κ2) is 8.29. The van der Waals surface area contributed by atoms with Gasteiger partial charge in [0.25, 0.3) is 5.91 Å². The fourth-order valence-electron chi connectivity index (χ4n) is 2.38. The zero-order chi connectivity index (χ0) is 17.7. The molecule has 1 amide bonds. The molecule has 1 aliphatic rings. The maximum Gasteiger partial charge on any atom is 0.416 e. The van der Waals surface area contributed by atoms with E-state index in [1.807, 2.05) is 0 Å². The van der Waals surface area contributed by atoms with E-state index in [-0.39, 0.29) is 18.9 Å². The van der Waals surface area contributed by atoms with Crippen molar-refractivity contribution in [1.29, 1.82) is 0 Å². The summed E-state index contributed by atoms with van der Waals surface area (Å²) in [4.78, 5) is 13.6. The molecule has 1 aromatic rings. The van der Waals surface area contributed by atoms with Crippen molar-refractivity contribution < 1.29 is 27.1 Å². The van der Waals surface area contributed by atoms with Gasteiger partial charge in [0, 0.05) is 17.9 Å². The van der Waals surface area contributed by atoms with Gasteiger partial charge in [-0.3, -0.25) is 4.79 Å². The van der Waals surface area contributed by atoms with Crippen LogP contribution in [0.5, 0.6) is 0 Å². The van der Waals surface area contributed by atoms with Crippen LogP contribution in [0.1, 0.15) is 41.6 Å². The Labute approximate surface area is 143 Å². The van der Waals surface area contributed by atoms with E-state index in [4.69, 9.17) is 9.15 Å². The molecule has 0 aliphatic carbocycles. The monoisotopic (exact) mass is 365 g/mol. The van der Waals surface area contributed by atoms with Crippen LogP contribution in [0.3, 0.4) is 0 Å². The Morgan fingerprint density at radius 3 is 2.88 bits per heavy atom. The summed E-state index contributed by atoms with van der Waals surface area (Å²) in [7, 11) is 0. The molecule has 1 fully saturated rings. The molecule has 2 rings (SSSR count). The van der Waals surface area contributed by atoms with Crippen LogP contribution >= 0.6 is 11.8 Å². The third kappa shape index (κ3) is 4.92. The van der Waals surface area contributed by atoms with E-state index in [2.05, 4.69) is 6.92 Å². The Morgan fingerprint density at radius 1 is 1.46 bits per heavy atom. The number of morpholine rings is 1. The number of alkyl halides is 3. The van der Waals surface area contributed by atoms with Crippen molar-refractivity contribution in [3.8, 4) is 0 Å². The molecule has 2 heterocycles. The number of hydrogen-bond donors (Lipinski definition) is 0. The smallest absolute Gasteiger partial charge is 0.416 e. The molecular weight excluding hydrogens is 343 g/mol. The molecule has 1 unspecified atom stereocenters. The molecule has 0 spiro atoms. The summed E-state index contributed by atoms with van der Waals surface area (Å²) in [6, 6.07) is 1.65. The molecule has 0 bridgehead atoms. The first-order valence-corrected chi connectivity index (χ1v) is 9.13. The van der Waals surface area contributed by atoms with Gasteiger partial charge in [-0.15, -0.1) is 0 Å². The van der Waals surface area contributed by atoms with Crippen molar-refractivity contribution in [1.82, 2.24) is 4.90 Å². The summed E-state index contributed by atoms with van der Waals surface area (Å²) in [6.45, 7) is 3.39. The molecule has 136 valence electrons. The summed E-state index contributed by atoms with van der Waals surface area (Å²) < 4.78 is 48.5. The number of rotatable bonds is 6. The average Bonchev–Trinajstić information content (AvgIpc) is 2.91. The van der Waals surface area contributed by atoms with Gasteiger partial charge in [-0.05, 0) is 25.2 Å². The number of unbranched alkanes of at least 4 members (excludes halogenated alkanes) is 1. The van der Waals surface area contributed by atoms with Crippen molar-refractivity contribution in [2.75, 3.05) is 25.4 Å². The average molecular weight is 365 g/mol. The van der Waals surface area contributed by atoms with Crippen LogP contribution in [0, 0.1) is 6.92 Å². The van der Waals surface area contributed by atoms with E-state index in [0.717, 1.165) is 34.8 Å². The van der Waals surface area contributed by atoms with Gasteiger partial charge < -0.3 is 14.1 Å². The molecular formula is C16H22F3NO3S. The highest BCUT2D eigenvalue weighted by Gasteiger charge is 2.44. The molecule has 1 atom stereocenters. The minimum Gasteiger partial charge on any atom is -0.456 e. The summed E-state index contributed by atoms with van der Waals surface area (Å²) in [5.41, 5.74) is 0.917. The minimum absolute atomic E-state index is 0.0985. The van der Waals surface area contributed by atoms with Crippen molar-refractivity contribution in [2.45, 2.75) is 44.7 Å². The SMILES string of the molecule is CCCCSCc1cc(C(=O)N2CCOC(C(F)(F)F)C2)oc1C. The van der Waals surface area contributed by atoms with E-state index < -0.39 is 24.7 Å². The maximum atomic E-state index is 12.8. The van der Waals surface area contributed by atoms with Gasteiger partial charge >= 0.3 is 6.18 Å². The van der Waals surface area contributed by atoms with Crippen LogP contribution < -0.4 is 0 Å². The summed E-state index contributed by atoms with van der Waals surface area (Å²) in [6.07, 6.45) is -4.16. The quantitative estimate of drug-likeness (QED) is 0.714. The second-order valence-corrected chi connectivity index (χ2v) is 6.86. The molecule has 0 radical (unpaired) electrons. The second-order valence-electron chi connectivity index (χ2n) is 5.75. The van der Waals surface area contributed by atoms with E-state index in [1.165, 1.54) is 0 Å². The molecule has 8 heteroatoms. The zero-order valence-electron chi connectivity index (χ0n) is 13.8. The van der Waals surface area contributed by atoms with Gasteiger partial charge in [0.2, 0.25) is 0 Å². The largest absolute Gasteiger partial charge is 0.456 e. The lowest BCUT2D eigenvalue weighted by Gasteiger charge is -2.33. The molecule has 0 saturated carbocycles. The van der Waals surface area contributed by atoms with Crippen LogP contribution in [0.25, 0.3) is 0 Å². The van der Waals surface area contributed by atoms with Crippen molar-refractivity contribution >= 4 is 17.7 Å². The van der Waals surface area contributed by atoms with Gasteiger partial charge in [-0.1, -0.05) is 13.3 Å². The number of halogens is 3. The van der Waals surface area contributed by atoms with Crippen LogP contribution in [0.15, 0.2) is 10.5 Å². The Morgan fingerprint density at radius 2 is 2.21 bits per heavy atom. The normalized spacial score (nSPS) is 18.9. The number of thioether (sulfide) groups is 1. The highest BCUT2D eigenvalue weighted by molar-refractivity contribution is 7.98. The molecule has 0 N–H and O–H groups in total. The number of furan rings is 1. The molecule has 24 heavy (non-hydrogen) atoms. The zero-order valence-corrected chi connectivity index (χ0v) is 14.6. The number of amides is 1. The summed E-state index contributed by atoms with van der Waals surface area (Å²) >= 11 is 1.76. The fraction of sp³-hybridized carbons (Fsp3) is 0.688. The number of nitrogens with zero attached hydrogens (tertiary/aromatic N) is 1. The van der Waals surface area contributed by atoms with Crippen molar-refractivity contribution in [2.24, 2.45) is 0 Å². The molecule has 1 saturated heterocycles. The number of hydrogen-bond acceptors (Lipinski definition) is 4. The predicted molar refractivity (Wildman–Crippen MR) is 86.2 cm³/mol. The number of carbonyl (C=O) groups is 1. The first kappa shape index (κ1) is 19.2. The van der Waals surface area contributed by atoms with Crippen molar-refractivity contribution in [3.63, 3.8) is 0 Å². The van der Waals surface area contributed by atoms with Crippen LogP contribution in [0.2, 0.25) is 0 Å². The van der Waals surface area contributed by atoms with Crippen LogP contribution in [-0.2, 0) is 10.5 Å². The molecule has 4 nitrogen and oxygen atoms in total. The van der Waals surface area contributed by atoms with Crippen molar-refractivity contribution in [3.05, 3.63) is 23.2 Å². The number of aryl methyl sites for hydroxylation is 1. The summed E-state index contributed by atoms with van der Waals surface area (Å²) in [5, 5.41) is 0. The van der Waals surface area contributed by atoms with Gasteiger partial charge in [-0.25, -0.2) is 0 Å². The molecule has 0 aromatic carbocycles. The highest BCUT2D eigenvalue weighted by Crippen LogP contribution is 2.27. The fourth-order valence-corrected chi connectivity index (χ4v) is 3.53. The first-order valence-electron chi connectivity index (χ1n) is 7.97. The Bertz CT molecular complexity index is 559. The molecule has 1 aromatic heterocycles. The first-order chi connectivity index (χ1) is 11.3. The lowest BCUT2D eigenvalue weighted by atomic mass is 10.2. The third-order valence-corrected chi connectivity index (χ3v) is 4.94. The maximum absolute atomic E-state index is 12.8. The lowest BCUT2D eigenvalue weighted by molar-refractivity contribution is -0.233. The van der Waals surface area contributed by atoms with E-state index in [0.29, 0.717) is 5.76 Å². The van der Waals surface area contributed by atoms with Gasteiger partial charge in [0.05, 0.1) is 13.2 Å². The van der Waals surface area contributed by atoms with Gasteiger partial charge in [-0.2, -0.15) is 24.9 Å². The van der Waals surface area contributed by atoms with Crippen LogP contribution in [0.4, 0.5) is 13.2 Å². The Balaban J connectivity index is 1.99. The minimum atomic E-state index is -4.47. The van der Waals surface area contributed by atoms with E-state index in [9.17, 15) is 18.0 Å². The van der Waals surface area contributed by atoms with Crippen LogP contribution in [-0.4, -0.2) is 48.5 Å². The third-order valence-electron chi connectivity index (χ3n) is 3.85. The van der Waals surface area contributed by atoms with Gasteiger partial charge in [0.15, 0.2) is 11.9 Å². The number of carbonyl (C=O) groups excluding carboxylic acids is 1. The van der Waals surface area contributed by atoms with Gasteiger partial charge in [0.1, 0.15) is 5.76 Å². The topological polar surface area (TPSA) is 42.7 Å². The van der Waals surface area contributed by atoms with E-state index in [1.54, 1.807) is 24.8 Å². The lowest BCUT2D eigenvalue weighted by Crippen LogP contribution is -2.51. The standard InChI is InChI=1S/C16H22F3NO3S/c1-3-4-7-24-10-12-8-13(23-11(12)2)15(21)20-5-6-22-14(9-20)16(17,18)19/h8,14H,3-7,9-10H2,1-2H3. The Kier molecular flexibility index (Phi) is 6.62. The predicted octanol–water partition coefficient (Wildman–Crippen LogP) is 4.02. The number of ether oxygens (including phenoxy) is 1. The highest BCUT2D eigenvalue weighted by atomic mass is 32.2. The molecule has 1 aliphatic heterocycles. The summed E-state index contributed by atoms with van der Waals surface area (Å²) in [5.74, 6) is 1.99.